The number of piperidine rings is 1. The van der Waals surface area contributed by atoms with Gasteiger partial charge in [-0.2, -0.15) is 0 Å². The van der Waals surface area contributed by atoms with E-state index in [-0.39, 0.29) is 16.8 Å². The maximum atomic E-state index is 12.9. The third-order valence-corrected chi connectivity index (χ3v) is 8.44. The van der Waals surface area contributed by atoms with E-state index in [1.54, 1.807) is 30.5 Å². The largest absolute Gasteiger partial charge is 0.349 e. The number of nitrogens with one attached hydrogen (secondary N) is 2. The zero-order chi connectivity index (χ0) is 24.3. The van der Waals surface area contributed by atoms with Gasteiger partial charge < -0.3 is 14.6 Å². The first kappa shape index (κ1) is 24.0. The van der Waals surface area contributed by atoms with Crippen LogP contribution in [0, 0.1) is 0 Å². The van der Waals surface area contributed by atoms with Gasteiger partial charge in [0.15, 0.2) is 0 Å². The summed E-state index contributed by atoms with van der Waals surface area (Å²) in [6.45, 7) is 3.56. The van der Waals surface area contributed by atoms with Crippen LogP contribution in [-0.4, -0.2) is 60.8 Å². The van der Waals surface area contributed by atoms with E-state index in [1.165, 1.54) is 19.3 Å². The molecule has 1 aliphatic carbocycles. The first-order chi connectivity index (χ1) is 17.0. The Kier molecular flexibility index (Phi) is 7.17. The average Bonchev–Trinajstić information content (AvgIpc) is 3.28. The second kappa shape index (κ2) is 10.5. The van der Waals surface area contributed by atoms with E-state index in [0.717, 1.165) is 45.3 Å². The maximum absolute atomic E-state index is 12.9. The number of fused-ring (bicyclic) bond motifs is 1. The van der Waals surface area contributed by atoms with Crippen LogP contribution in [0.2, 0.25) is 0 Å². The molecule has 1 aliphatic heterocycles. The molecular formula is C26H33N5O3S. The van der Waals surface area contributed by atoms with Gasteiger partial charge >= 0.3 is 0 Å². The zero-order valence-electron chi connectivity index (χ0n) is 19.9. The molecule has 1 saturated heterocycles. The summed E-state index contributed by atoms with van der Waals surface area (Å²) in [6.07, 6.45) is 11.4. The summed E-state index contributed by atoms with van der Waals surface area (Å²) in [6, 6.07) is 10.7. The molecule has 3 aromatic rings. The lowest BCUT2D eigenvalue weighted by Gasteiger charge is -2.26. The highest BCUT2D eigenvalue weighted by atomic mass is 32.2. The summed E-state index contributed by atoms with van der Waals surface area (Å²) in [7, 11) is -3.61. The molecule has 0 unspecified atom stereocenters. The number of hydrogen-bond donors (Lipinski definition) is 2. The normalized spacial score (nSPS) is 17.4. The minimum atomic E-state index is -3.61. The molecule has 0 spiro atoms. The number of rotatable bonds is 9. The fourth-order valence-corrected chi connectivity index (χ4v) is 5.80. The molecule has 35 heavy (non-hydrogen) atoms. The molecule has 186 valence electrons. The van der Waals surface area contributed by atoms with Crippen molar-refractivity contribution in [1.29, 1.82) is 0 Å². The van der Waals surface area contributed by atoms with Crippen molar-refractivity contribution >= 4 is 21.6 Å². The highest BCUT2D eigenvalue weighted by molar-refractivity contribution is 7.89. The van der Waals surface area contributed by atoms with Crippen LogP contribution in [-0.2, 0) is 10.0 Å². The van der Waals surface area contributed by atoms with E-state index < -0.39 is 10.0 Å². The van der Waals surface area contributed by atoms with Crippen LogP contribution in [0.15, 0.2) is 53.7 Å². The highest BCUT2D eigenvalue weighted by Crippen LogP contribution is 2.23. The molecule has 8 nitrogen and oxygen atoms in total. The van der Waals surface area contributed by atoms with Gasteiger partial charge in [-0.25, -0.2) is 18.1 Å². The molecule has 1 saturated carbocycles. The molecule has 3 heterocycles. The summed E-state index contributed by atoms with van der Waals surface area (Å²) >= 11 is 0. The van der Waals surface area contributed by atoms with E-state index in [0.29, 0.717) is 29.0 Å². The molecular weight excluding hydrogens is 462 g/mol. The van der Waals surface area contributed by atoms with Crippen molar-refractivity contribution in [3.8, 4) is 11.3 Å². The van der Waals surface area contributed by atoms with E-state index in [4.69, 9.17) is 0 Å². The standard InChI is InChI=1S/C26H33N5O3S/c32-26(28-22-8-5-9-22)21-11-12-25-29-24(19-31(25)18-21)20-7-4-10-23(17-20)35(33,34)27-13-6-16-30-14-2-1-3-15-30/h4,7,10-12,17-19,22,27H,1-3,5-6,8-9,13-16H2,(H,28,32). The second-order valence-electron chi connectivity index (χ2n) is 9.59. The van der Waals surface area contributed by atoms with Gasteiger partial charge in [0.2, 0.25) is 10.0 Å². The summed E-state index contributed by atoms with van der Waals surface area (Å²) in [5, 5.41) is 3.05. The van der Waals surface area contributed by atoms with Gasteiger partial charge in [-0.15, -0.1) is 0 Å². The van der Waals surface area contributed by atoms with Crippen molar-refractivity contribution in [2.75, 3.05) is 26.2 Å². The Hall–Kier alpha value is -2.75. The molecule has 0 atom stereocenters. The van der Waals surface area contributed by atoms with Gasteiger partial charge in [0.05, 0.1) is 16.2 Å². The fraction of sp³-hybridized carbons (Fsp3) is 0.462. The fourth-order valence-electron chi connectivity index (χ4n) is 4.68. The van der Waals surface area contributed by atoms with Crippen LogP contribution in [0.1, 0.15) is 55.3 Å². The van der Waals surface area contributed by atoms with Crippen molar-refractivity contribution in [2.24, 2.45) is 0 Å². The Morgan fingerprint density at radius 2 is 1.86 bits per heavy atom. The number of likely N-dealkylation sites (tertiary alicyclic amines) is 1. The Labute approximate surface area is 206 Å². The van der Waals surface area contributed by atoms with E-state index in [2.05, 4.69) is 19.9 Å². The van der Waals surface area contributed by atoms with Gasteiger partial charge in [0.1, 0.15) is 5.65 Å². The first-order valence-corrected chi connectivity index (χ1v) is 14.1. The average molecular weight is 496 g/mol. The molecule has 2 aliphatic rings. The summed E-state index contributed by atoms with van der Waals surface area (Å²) in [5.74, 6) is -0.0775. The SMILES string of the molecule is O=C(NC1CCC1)c1ccc2nc(-c3cccc(S(=O)(=O)NCCCN4CCCCC4)c3)cn2c1. The number of benzene rings is 1. The number of amides is 1. The lowest BCUT2D eigenvalue weighted by atomic mass is 9.93. The summed E-state index contributed by atoms with van der Waals surface area (Å²) in [4.78, 5) is 19.8. The van der Waals surface area contributed by atoms with Gasteiger partial charge in [-0.1, -0.05) is 18.6 Å². The molecule has 9 heteroatoms. The third-order valence-electron chi connectivity index (χ3n) is 6.99. The summed E-state index contributed by atoms with van der Waals surface area (Å²) < 4.78 is 30.3. The highest BCUT2D eigenvalue weighted by Gasteiger charge is 2.21. The Bertz CT molecular complexity index is 1290. The van der Waals surface area contributed by atoms with Gasteiger partial charge in [0, 0.05) is 30.5 Å². The van der Waals surface area contributed by atoms with Gasteiger partial charge in [0.25, 0.3) is 5.91 Å². The number of carbonyl (C=O) groups excluding carboxylic acids is 1. The van der Waals surface area contributed by atoms with Crippen LogP contribution < -0.4 is 10.0 Å². The number of hydrogen-bond acceptors (Lipinski definition) is 5. The minimum Gasteiger partial charge on any atom is -0.349 e. The van der Waals surface area contributed by atoms with E-state index in [9.17, 15) is 13.2 Å². The Morgan fingerprint density at radius 3 is 2.63 bits per heavy atom. The van der Waals surface area contributed by atoms with Crippen LogP contribution >= 0.6 is 0 Å². The Balaban J connectivity index is 1.25. The third kappa shape index (κ3) is 5.74. The lowest BCUT2D eigenvalue weighted by molar-refractivity contribution is 0.0916. The smallest absolute Gasteiger partial charge is 0.252 e. The zero-order valence-corrected chi connectivity index (χ0v) is 20.8. The molecule has 0 bridgehead atoms. The number of pyridine rings is 1. The van der Waals surface area contributed by atoms with Crippen LogP contribution in [0.3, 0.4) is 0 Å². The maximum Gasteiger partial charge on any atom is 0.252 e. The number of sulfonamides is 1. The number of carbonyl (C=O) groups is 1. The van der Waals surface area contributed by atoms with Crippen molar-refractivity contribution in [2.45, 2.75) is 55.9 Å². The van der Waals surface area contributed by atoms with Gasteiger partial charge in [-0.3, -0.25) is 4.79 Å². The van der Waals surface area contributed by atoms with Crippen LogP contribution in [0.25, 0.3) is 16.9 Å². The molecule has 2 fully saturated rings. The quantitative estimate of drug-likeness (QED) is 0.444. The van der Waals surface area contributed by atoms with Crippen molar-refractivity contribution in [3.63, 3.8) is 0 Å². The molecule has 1 aromatic carbocycles. The lowest BCUT2D eigenvalue weighted by Crippen LogP contribution is -2.39. The second-order valence-corrected chi connectivity index (χ2v) is 11.4. The van der Waals surface area contributed by atoms with E-state index in [1.807, 2.05) is 22.7 Å². The number of imidazole rings is 1. The molecule has 0 radical (unpaired) electrons. The van der Waals surface area contributed by atoms with Crippen molar-refractivity contribution in [3.05, 3.63) is 54.4 Å². The first-order valence-electron chi connectivity index (χ1n) is 12.6. The van der Waals surface area contributed by atoms with Crippen LogP contribution in [0.5, 0.6) is 0 Å². The predicted octanol–water partition coefficient (Wildman–Crippen LogP) is 3.44. The molecule has 1 amide bonds. The molecule has 2 aromatic heterocycles. The van der Waals surface area contributed by atoms with Gasteiger partial charge in [-0.05, 0) is 82.4 Å². The van der Waals surface area contributed by atoms with Crippen molar-refractivity contribution in [1.82, 2.24) is 24.3 Å². The molecule has 2 N–H and O–H groups in total. The minimum absolute atomic E-state index is 0.0775. The monoisotopic (exact) mass is 495 g/mol. The molecule has 5 rings (SSSR count). The van der Waals surface area contributed by atoms with Crippen molar-refractivity contribution < 1.29 is 13.2 Å². The van der Waals surface area contributed by atoms with Crippen LogP contribution in [0.4, 0.5) is 0 Å². The predicted molar refractivity (Wildman–Crippen MR) is 136 cm³/mol. The topological polar surface area (TPSA) is 95.8 Å². The number of aromatic nitrogens is 2. The van der Waals surface area contributed by atoms with E-state index >= 15 is 0 Å². The number of nitrogens with zero attached hydrogens (tertiary/aromatic N) is 3. The Morgan fingerprint density at radius 1 is 1.03 bits per heavy atom. The summed E-state index contributed by atoms with van der Waals surface area (Å²) in [5.41, 5.74) is 2.65.